The summed E-state index contributed by atoms with van der Waals surface area (Å²) >= 11 is 0. The molecule has 1 fully saturated rings. The number of rotatable bonds is 7. The minimum atomic E-state index is 0.680. The van der Waals surface area contributed by atoms with E-state index in [-0.39, 0.29) is 0 Å². The van der Waals surface area contributed by atoms with Crippen LogP contribution < -0.4 is 24.0 Å². The number of anilines is 2. The van der Waals surface area contributed by atoms with Crippen molar-refractivity contribution in [3.05, 3.63) is 59.8 Å². The third-order valence-corrected chi connectivity index (χ3v) is 6.91. The minimum Gasteiger partial charge on any atom is -0.497 e. The Balaban J connectivity index is 1.49. The summed E-state index contributed by atoms with van der Waals surface area (Å²) in [6.07, 6.45) is 0.895. The van der Waals surface area contributed by atoms with Gasteiger partial charge in [0, 0.05) is 60.8 Å². The highest BCUT2D eigenvalue weighted by atomic mass is 16.5. The molecule has 0 bridgehead atoms. The second kappa shape index (κ2) is 9.97. The molecule has 1 aliphatic rings. The Kier molecular flexibility index (Phi) is 6.59. The van der Waals surface area contributed by atoms with Crippen molar-refractivity contribution in [2.24, 2.45) is 0 Å². The van der Waals surface area contributed by atoms with Gasteiger partial charge in [-0.2, -0.15) is 9.61 Å². The molecule has 0 atom stereocenters. The number of aryl methyl sites for hydroxylation is 1. The monoisotopic (exact) mass is 487 g/mol. The number of ether oxygens (including phenoxy) is 3. The molecule has 0 unspecified atom stereocenters. The highest BCUT2D eigenvalue weighted by molar-refractivity contribution is 5.70. The van der Waals surface area contributed by atoms with Crippen LogP contribution in [0.1, 0.15) is 18.2 Å². The molecule has 5 rings (SSSR count). The number of methoxy groups -OCH3 is 3. The van der Waals surface area contributed by atoms with Gasteiger partial charge in [0.2, 0.25) is 0 Å². The predicted molar refractivity (Wildman–Crippen MR) is 143 cm³/mol. The predicted octanol–water partition coefficient (Wildman–Crippen LogP) is 4.62. The molecule has 4 aromatic rings. The van der Waals surface area contributed by atoms with Crippen LogP contribution in [0.2, 0.25) is 0 Å². The fourth-order valence-corrected chi connectivity index (χ4v) is 4.99. The third kappa shape index (κ3) is 4.27. The second-order valence-electron chi connectivity index (χ2n) is 8.90. The number of nitrogens with zero attached hydrogens (tertiary/aromatic N) is 5. The first-order valence-electron chi connectivity index (χ1n) is 12.3. The first-order chi connectivity index (χ1) is 17.6. The second-order valence-corrected chi connectivity index (χ2v) is 8.90. The summed E-state index contributed by atoms with van der Waals surface area (Å²) in [5, 5.41) is 5.02. The summed E-state index contributed by atoms with van der Waals surface area (Å²) < 4.78 is 18.4. The molecule has 0 aliphatic carbocycles. The number of aromatic nitrogens is 3. The number of benzene rings is 2. The summed E-state index contributed by atoms with van der Waals surface area (Å²) in [5.41, 5.74) is 6.14. The molecule has 0 spiro atoms. The first-order valence-corrected chi connectivity index (χ1v) is 12.3. The van der Waals surface area contributed by atoms with Gasteiger partial charge in [-0.3, -0.25) is 0 Å². The highest BCUT2D eigenvalue weighted by Gasteiger charge is 2.24. The molecule has 36 heavy (non-hydrogen) atoms. The Morgan fingerprint density at radius 1 is 0.833 bits per heavy atom. The van der Waals surface area contributed by atoms with Gasteiger partial charge in [0.05, 0.1) is 27.0 Å². The Morgan fingerprint density at radius 2 is 1.58 bits per heavy atom. The molecule has 0 amide bonds. The Labute approximate surface area is 212 Å². The van der Waals surface area contributed by atoms with Gasteiger partial charge in [-0.05, 0) is 43.7 Å². The number of hydrogen-bond acceptors (Lipinski definition) is 7. The molecule has 0 saturated carbocycles. The van der Waals surface area contributed by atoms with E-state index < -0.39 is 0 Å². The normalized spacial score (nSPS) is 13.8. The van der Waals surface area contributed by atoms with Crippen LogP contribution in [0.15, 0.2) is 48.5 Å². The lowest BCUT2D eigenvalue weighted by Crippen LogP contribution is -2.47. The van der Waals surface area contributed by atoms with Crippen LogP contribution >= 0.6 is 0 Å². The molecule has 1 saturated heterocycles. The zero-order valence-corrected chi connectivity index (χ0v) is 21.6. The summed E-state index contributed by atoms with van der Waals surface area (Å²) in [6, 6.07) is 16.2. The highest BCUT2D eigenvalue weighted by Crippen LogP contribution is 2.34. The third-order valence-electron chi connectivity index (χ3n) is 6.91. The molecular weight excluding hydrogens is 454 g/mol. The van der Waals surface area contributed by atoms with Crippen molar-refractivity contribution < 1.29 is 14.2 Å². The molecular formula is C28H33N5O3. The number of fused-ring (bicyclic) bond motifs is 1. The van der Waals surface area contributed by atoms with Gasteiger partial charge in [-0.25, -0.2) is 4.98 Å². The van der Waals surface area contributed by atoms with Gasteiger partial charge in [0.15, 0.2) is 17.1 Å². The van der Waals surface area contributed by atoms with Crippen molar-refractivity contribution in [1.29, 1.82) is 0 Å². The van der Waals surface area contributed by atoms with Gasteiger partial charge in [-0.1, -0.05) is 13.0 Å². The molecule has 0 radical (unpaired) electrons. The quantitative estimate of drug-likeness (QED) is 0.377. The summed E-state index contributed by atoms with van der Waals surface area (Å²) in [5.74, 6) is 3.40. The summed E-state index contributed by atoms with van der Waals surface area (Å²) in [4.78, 5) is 9.76. The molecule has 3 heterocycles. The molecule has 1 aliphatic heterocycles. The van der Waals surface area contributed by atoms with Crippen molar-refractivity contribution in [1.82, 2.24) is 14.6 Å². The van der Waals surface area contributed by atoms with Crippen LogP contribution in [0.4, 0.5) is 11.5 Å². The van der Waals surface area contributed by atoms with Crippen LogP contribution in [0.25, 0.3) is 16.9 Å². The van der Waals surface area contributed by atoms with E-state index in [1.165, 1.54) is 11.3 Å². The zero-order valence-electron chi connectivity index (χ0n) is 21.6. The molecule has 188 valence electrons. The lowest BCUT2D eigenvalue weighted by Gasteiger charge is -2.38. The SMILES string of the molecule is CCc1c(C)nc2cc(-c3ccc(OC)c(OC)c3)nn2c1N1CCN(c2cccc(OC)c2)CC1. The van der Waals surface area contributed by atoms with Gasteiger partial charge in [0.25, 0.3) is 0 Å². The molecule has 0 N–H and O–H groups in total. The maximum Gasteiger partial charge on any atom is 0.161 e. The van der Waals surface area contributed by atoms with E-state index in [9.17, 15) is 0 Å². The largest absolute Gasteiger partial charge is 0.497 e. The van der Waals surface area contributed by atoms with Crippen molar-refractivity contribution in [3.8, 4) is 28.5 Å². The lowest BCUT2D eigenvalue weighted by atomic mass is 10.1. The van der Waals surface area contributed by atoms with Crippen LogP contribution in [0.5, 0.6) is 17.2 Å². The molecule has 2 aromatic heterocycles. The van der Waals surface area contributed by atoms with Crippen molar-refractivity contribution in [2.75, 3.05) is 57.3 Å². The number of piperazine rings is 1. The van der Waals surface area contributed by atoms with E-state index in [0.717, 1.165) is 66.8 Å². The van der Waals surface area contributed by atoms with Crippen LogP contribution in [0.3, 0.4) is 0 Å². The van der Waals surface area contributed by atoms with E-state index in [0.29, 0.717) is 11.5 Å². The fraction of sp³-hybridized carbons (Fsp3) is 0.357. The Bertz CT molecular complexity index is 1380. The van der Waals surface area contributed by atoms with E-state index in [4.69, 9.17) is 24.3 Å². The van der Waals surface area contributed by atoms with Crippen molar-refractivity contribution in [3.63, 3.8) is 0 Å². The van der Waals surface area contributed by atoms with Gasteiger partial charge in [0.1, 0.15) is 11.6 Å². The maximum atomic E-state index is 5.51. The average Bonchev–Trinajstić information content (AvgIpc) is 3.35. The lowest BCUT2D eigenvalue weighted by molar-refractivity contribution is 0.355. The van der Waals surface area contributed by atoms with E-state index in [2.05, 4.69) is 35.8 Å². The summed E-state index contributed by atoms with van der Waals surface area (Å²) in [7, 11) is 5.00. The van der Waals surface area contributed by atoms with Crippen LogP contribution in [-0.2, 0) is 6.42 Å². The first kappa shape index (κ1) is 23.8. The van der Waals surface area contributed by atoms with Crippen molar-refractivity contribution >= 4 is 17.2 Å². The zero-order chi connectivity index (χ0) is 25.2. The molecule has 8 nitrogen and oxygen atoms in total. The fourth-order valence-electron chi connectivity index (χ4n) is 4.99. The van der Waals surface area contributed by atoms with E-state index >= 15 is 0 Å². The van der Waals surface area contributed by atoms with Gasteiger partial charge >= 0.3 is 0 Å². The van der Waals surface area contributed by atoms with Crippen LogP contribution in [-0.4, -0.2) is 62.1 Å². The standard InChI is InChI=1S/C28H33N5O3/c1-6-23-19(2)29-27-18-24(20-10-11-25(35-4)26(16-20)36-5)30-33(27)28(23)32-14-12-31(13-15-32)21-8-7-9-22(17-21)34-3/h7-11,16-18H,6,12-15H2,1-5H3. The van der Waals surface area contributed by atoms with E-state index in [1.54, 1.807) is 21.3 Å². The van der Waals surface area contributed by atoms with Gasteiger partial charge < -0.3 is 24.0 Å². The topological polar surface area (TPSA) is 64.4 Å². The smallest absolute Gasteiger partial charge is 0.161 e. The minimum absolute atomic E-state index is 0.680. The summed E-state index contributed by atoms with van der Waals surface area (Å²) in [6.45, 7) is 7.91. The number of hydrogen-bond donors (Lipinski definition) is 0. The molecule has 8 heteroatoms. The van der Waals surface area contributed by atoms with E-state index in [1.807, 2.05) is 40.9 Å². The van der Waals surface area contributed by atoms with Crippen molar-refractivity contribution in [2.45, 2.75) is 20.3 Å². The average molecular weight is 488 g/mol. The molecule has 2 aromatic carbocycles. The Morgan fingerprint density at radius 3 is 2.28 bits per heavy atom. The van der Waals surface area contributed by atoms with Crippen LogP contribution in [0, 0.1) is 6.92 Å². The van der Waals surface area contributed by atoms with Gasteiger partial charge in [-0.15, -0.1) is 0 Å². The Hall–Kier alpha value is -3.94. The maximum absolute atomic E-state index is 5.51.